The summed E-state index contributed by atoms with van der Waals surface area (Å²) >= 11 is 2.74. The summed E-state index contributed by atoms with van der Waals surface area (Å²) in [6.07, 6.45) is 0. The second-order valence-electron chi connectivity index (χ2n) is 2.56. The van der Waals surface area contributed by atoms with Crippen molar-refractivity contribution in [2.75, 3.05) is 0 Å². The highest BCUT2D eigenvalue weighted by Gasteiger charge is 2.19. The molecule has 0 heterocycles. The van der Waals surface area contributed by atoms with Gasteiger partial charge in [-0.25, -0.2) is 8.78 Å². The van der Waals surface area contributed by atoms with Gasteiger partial charge in [-0.05, 0) is 28.1 Å². The number of amides is 1. The first kappa shape index (κ1) is 11.6. The van der Waals surface area contributed by atoms with E-state index >= 15 is 0 Å². The van der Waals surface area contributed by atoms with E-state index in [1.54, 1.807) is 0 Å². The van der Waals surface area contributed by atoms with Gasteiger partial charge in [-0.2, -0.15) is 0 Å². The van der Waals surface area contributed by atoms with E-state index in [2.05, 4.69) is 21.1 Å². The van der Waals surface area contributed by atoms with E-state index in [4.69, 9.17) is 10.9 Å². The zero-order chi connectivity index (χ0) is 11.6. The van der Waals surface area contributed by atoms with Gasteiger partial charge in [0.1, 0.15) is 11.6 Å². The lowest BCUT2D eigenvalue weighted by molar-refractivity contribution is -0.112. The quantitative estimate of drug-likeness (QED) is 0.371. The second kappa shape index (κ2) is 4.35. The zero-order valence-corrected chi connectivity index (χ0v) is 8.75. The number of oxime groups is 1. The Balaban J connectivity index is 3.43. The first-order valence-corrected chi connectivity index (χ1v) is 4.43. The van der Waals surface area contributed by atoms with E-state index in [0.29, 0.717) is 6.07 Å². The minimum atomic E-state index is -1.16. The van der Waals surface area contributed by atoms with Gasteiger partial charge in [-0.3, -0.25) is 4.79 Å². The fourth-order valence-electron chi connectivity index (χ4n) is 0.964. The van der Waals surface area contributed by atoms with Crippen molar-refractivity contribution in [2.24, 2.45) is 10.9 Å². The molecule has 0 bridgehead atoms. The number of carbonyl (C=O) groups excluding carboxylic acids is 1. The standard InChI is InChI=1S/C8H5BrF2N2O2/c9-5-2-3(10)1-4(6(5)11)7(13-15)8(12)14/h1-2,15H,(H2,12,14)/b13-7+. The van der Waals surface area contributed by atoms with Crippen molar-refractivity contribution in [1.82, 2.24) is 0 Å². The molecule has 0 aliphatic rings. The number of nitrogens with two attached hydrogens (primary N) is 1. The lowest BCUT2D eigenvalue weighted by Crippen LogP contribution is -2.25. The molecule has 1 aromatic carbocycles. The fourth-order valence-corrected chi connectivity index (χ4v) is 1.40. The first-order valence-electron chi connectivity index (χ1n) is 3.64. The maximum atomic E-state index is 13.4. The predicted molar refractivity (Wildman–Crippen MR) is 51.6 cm³/mol. The van der Waals surface area contributed by atoms with E-state index in [9.17, 15) is 13.6 Å². The van der Waals surface area contributed by atoms with E-state index < -0.39 is 28.8 Å². The lowest BCUT2D eigenvalue weighted by Gasteiger charge is -2.04. The number of halogens is 3. The molecule has 80 valence electrons. The monoisotopic (exact) mass is 278 g/mol. The first-order chi connectivity index (χ1) is 6.97. The highest BCUT2D eigenvalue weighted by atomic mass is 79.9. The Morgan fingerprint density at radius 1 is 1.47 bits per heavy atom. The largest absolute Gasteiger partial charge is 0.410 e. The van der Waals surface area contributed by atoms with Gasteiger partial charge in [0.25, 0.3) is 5.91 Å². The maximum absolute atomic E-state index is 13.4. The third kappa shape index (κ3) is 2.30. The summed E-state index contributed by atoms with van der Waals surface area (Å²) in [7, 11) is 0. The van der Waals surface area contributed by atoms with Crippen molar-refractivity contribution in [2.45, 2.75) is 0 Å². The van der Waals surface area contributed by atoms with Gasteiger partial charge in [-0.15, -0.1) is 0 Å². The molecule has 3 N–H and O–H groups in total. The van der Waals surface area contributed by atoms with Crippen molar-refractivity contribution < 1.29 is 18.8 Å². The van der Waals surface area contributed by atoms with E-state index in [-0.39, 0.29) is 4.47 Å². The van der Waals surface area contributed by atoms with Gasteiger partial charge in [0.05, 0.1) is 4.47 Å². The molecule has 0 aliphatic heterocycles. The maximum Gasteiger partial charge on any atom is 0.271 e. The molecular formula is C8H5BrF2N2O2. The predicted octanol–water partition coefficient (Wildman–Crippen LogP) is 1.39. The topological polar surface area (TPSA) is 75.7 Å². The Kier molecular flexibility index (Phi) is 3.35. The molecule has 1 rings (SSSR count). The summed E-state index contributed by atoms with van der Waals surface area (Å²) in [5, 5.41) is 11.0. The van der Waals surface area contributed by atoms with Crippen molar-refractivity contribution >= 4 is 27.5 Å². The Morgan fingerprint density at radius 2 is 2.07 bits per heavy atom. The fraction of sp³-hybridized carbons (Fsp3) is 0. The number of rotatable bonds is 2. The molecule has 0 atom stereocenters. The van der Waals surface area contributed by atoms with Crippen molar-refractivity contribution in [1.29, 1.82) is 0 Å². The van der Waals surface area contributed by atoms with Crippen LogP contribution >= 0.6 is 15.9 Å². The molecule has 0 aliphatic carbocycles. The van der Waals surface area contributed by atoms with Gasteiger partial charge < -0.3 is 10.9 Å². The van der Waals surface area contributed by atoms with Crippen LogP contribution in [0.25, 0.3) is 0 Å². The molecule has 7 heteroatoms. The molecule has 0 unspecified atom stereocenters. The molecule has 0 saturated heterocycles. The van der Waals surface area contributed by atoms with Crippen LogP contribution in [-0.4, -0.2) is 16.8 Å². The van der Waals surface area contributed by atoms with Crippen LogP contribution in [-0.2, 0) is 4.79 Å². The minimum absolute atomic E-state index is 0.195. The average Bonchev–Trinajstić information content (AvgIpc) is 2.13. The van der Waals surface area contributed by atoms with Crippen LogP contribution in [0.2, 0.25) is 0 Å². The molecule has 0 fully saturated rings. The SMILES string of the molecule is NC(=O)/C(=N/O)c1cc(F)cc(Br)c1F. The highest BCUT2D eigenvalue weighted by Crippen LogP contribution is 2.21. The summed E-state index contributed by atoms with van der Waals surface area (Å²) in [6, 6.07) is 1.58. The molecule has 0 radical (unpaired) electrons. The average molecular weight is 279 g/mol. The normalized spacial score (nSPS) is 11.5. The van der Waals surface area contributed by atoms with Crippen LogP contribution in [0.3, 0.4) is 0 Å². The van der Waals surface area contributed by atoms with Crippen LogP contribution in [0.15, 0.2) is 21.8 Å². The van der Waals surface area contributed by atoms with Crippen LogP contribution in [0, 0.1) is 11.6 Å². The lowest BCUT2D eigenvalue weighted by atomic mass is 10.1. The Labute approximate surface area is 91.5 Å². The Bertz CT molecular complexity index is 449. The number of hydrogen-bond donors (Lipinski definition) is 2. The van der Waals surface area contributed by atoms with E-state index in [1.807, 2.05) is 0 Å². The van der Waals surface area contributed by atoms with Crippen LogP contribution in [0.1, 0.15) is 5.56 Å². The van der Waals surface area contributed by atoms with Crippen molar-refractivity contribution in [3.05, 3.63) is 33.8 Å². The van der Waals surface area contributed by atoms with Crippen LogP contribution in [0.4, 0.5) is 8.78 Å². The zero-order valence-electron chi connectivity index (χ0n) is 7.17. The van der Waals surface area contributed by atoms with Gasteiger partial charge in [0, 0.05) is 5.56 Å². The van der Waals surface area contributed by atoms with Gasteiger partial charge in [-0.1, -0.05) is 5.16 Å². The summed E-state index contributed by atoms with van der Waals surface area (Å²) in [5.41, 5.74) is 3.57. The smallest absolute Gasteiger partial charge is 0.271 e. The summed E-state index contributed by atoms with van der Waals surface area (Å²) in [6.45, 7) is 0. The molecule has 4 nitrogen and oxygen atoms in total. The molecular weight excluding hydrogens is 274 g/mol. The van der Waals surface area contributed by atoms with Gasteiger partial charge >= 0.3 is 0 Å². The number of carbonyl (C=O) groups is 1. The third-order valence-electron chi connectivity index (χ3n) is 1.58. The molecule has 0 spiro atoms. The van der Waals surface area contributed by atoms with E-state index in [0.717, 1.165) is 6.07 Å². The second-order valence-corrected chi connectivity index (χ2v) is 3.42. The highest BCUT2D eigenvalue weighted by molar-refractivity contribution is 9.10. The molecule has 0 saturated carbocycles. The Hall–Kier alpha value is -1.50. The van der Waals surface area contributed by atoms with Crippen molar-refractivity contribution in [3.63, 3.8) is 0 Å². The molecule has 15 heavy (non-hydrogen) atoms. The number of benzene rings is 1. The van der Waals surface area contributed by atoms with Crippen LogP contribution < -0.4 is 5.73 Å². The number of nitrogens with zero attached hydrogens (tertiary/aromatic N) is 1. The van der Waals surface area contributed by atoms with Crippen LogP contribution in [0.5, 0.6) is 0 Å². The van der Waals surface area contributed by atoms with Crippen molar-refractivity contribution in [3.8, 4) is 0 Å². The van der Waals surface area contributed by atoms with E-state index in [1.165, 1.54) is 0 Å². The minimum Gasteiger partial charge on any atom is -0.410 e. The van der Waals surface area contributed by atoms with Gasteiger partial charge in [0.2, 0.25) is 0 Å². The Morgan fingerprint density at radius 3 is 2.53 bits per heavy atom. The molecule has 0 aromatic heterocycles. The summed E-state index contributed by atoms with van der Waals surface area (Å²) in [4.78, 5) is 10.7. The third-order valence-corrected chi connectivity index (χ3v) is 2.16. The summed E-state index contributed by atoms with van der Waals surface area (Å²) in [5.74, 6) is -2.88. The van der Waals surface area contributed by atoms with Gasteiger partial charge in [0.15, 0.2) is 5.71 Å². The molecule has 1 aromatic rings. The molecule has 1 amide bonds. The summed E-state index contributed by atoms with van der Waals surface area (Å²) < 4.78 is 26.1. The number of hydrogen-bond acceptors (Lipinski definition) is 3. The number of primary amides is 1.